The van der Waals surface area contributed by atoms with E-state index < -0.39 is 12.7 Å². The number of piperazine rings is 1. The number of amides is 1. The highest BCUT2D eigenvalue weighted by Crippen LogP contribution is 2.27. The third-order valence-corrected chi connectivity index (χ3v) is 5.68. The molecule has 0 N–H and O–H groups in total. The number of likely N-dealkylation sites (tertiary alicyclic amines) is 1. The first-order chi connectivity index (χ1) is 12.7. The predicted molar refractivity (Wildman–Crippen MR) is 100 cm³/mol. The Morgan fingerprint density at radius 1 is 1.11 bits per heavy atom. The summed E-state index contributed by atoms with van der Waals surface area (Å²) in [5.41, 5.74) is 2.24. The second-order valence-electron chi connectivity index (χ2n) is 7.41. The average Bonchev–Trinajstić information content (AvgIpc) is 2.63. The van der Waals surface area contributed by atoms with Crippen LogP contribution in [0.5, 0.6) is 0 Å². The summed E-state index contributed by atoms with van der Waals surface area (Å²) in [6.07, 6.45) is -3.17. The monoisotopic (exact) mass is 403 g/mol. The maximum absolute atomic E-state index is 12.8. The zero-order valence-corrected chi connectivity index (χ0v) is 16.2. The molecule has 3 rings (SSSR count). The molecule has 0 radical (unpaired) electrons. The minimum Gasteiger partial charge on any atom is -0.368 e. The molecule has 4 nitrogen and oxygen atoms in total. The van der Waals surface area contributed by atoms with Crippen molar-refractivity contribution in [1.82, 2.24) is 9.80 Å². The Morgan fingerprint density at radius 2 is 1.74 bits per heavy atom. The summed E-state index contributed by atoms with van der Waals surface area (Å²) in [6.45, 7) is 4.56. The van der Waals surface area contributed by atoms with Crippen molar-refractivity contribution in [1.29, 1.82) is 0 Å². The van der Waals surface area contributed by atoms with E-state index in [1.807, 2.05) is 30.0 Å². The van der Waals surface area contributed by atoms with Gasteiger partial charge in [-0.05, 0) is 50.6 Å². The van der Waals surface area contributed by atoms with E-state index in [1.54, 1.807) is 0 Å². The summed E-state index contributed by atoms with van der Waals surface area (Å²) < 4.78 is 37.5. The van der Waals surface area contributed by atoms with Gasteiger partial charge in [-0.3, -0.25) is 9.69 Å². The van der Waals surface area contributed by atoms with Crippen LogP contribution in [0.4, 0.5) is 18.9 Å². The lowest BCUT2D eigenvalue weighted by atomic mass is 9.95. The number of alkyl halides is 3. The van der Waals surface area contributed by atoms with E-state index in [4.69, 9.17) is 11.6 Å². The van der Waals surface area contributed by atoms with Gasteiger partial charge in [-0.1, -0.05) is 17.7 Å². The Hall–Kier alpha value is -1.47. The van der Waals surface area contributed by atoms with E-state index in [1.165, 1.54) is 4.90 Å². The molecule has 0 atom stereocenters. The third-order valence-electron chi connectivity index (χ3n) is 5.44. The quantitative estimate of drug-likeness (QED) is 0.772. The van der Waals surface area contributed by atoms with Crippen molar-refractivity contribution in [2.24, 2.45) is 5.92 Å². The Morgan fingerprint density at radius 3 is 2.33 bits per heavy atom. The highest BCUT2D eigenvalue weighted by atomic mass is 35.5. The number of carbonyl (C=O) groups is 1. The summed E-state index contributed by atoms with van der Waals surface area (Å²) in [5.74, 6) is -0.0712. The van der Waals surface area contributed by atoms with Gasteiger partial charge >= 0.3 is 6.18 Å². The number of rotatable bonds is 3. The second-order valence-corrected chi connectivity index (χ2v) is 7.85. The first-order valence-electron chi connectivity index (χ1n) is 9.32. The highest BCUT2D eigenvalue weighted by Gasteiger charge is 2.35. The normalized spacial score (nSPS) is 20.2. The lowest BCUT2D eigenvalue weighted by molar-refractivity contribution is -0.151. The predicted octanol–water partition coefficient (Wildman–Crippen LogP) is 3.57. The smallest absolute Gasteiger partial charge is 0.368 e. The van der Waals surface area contributed by atoms with Crippen molar-refractivity contribution in [3.63, 3.8) is 0 Å². The van der Waals surface area contributed by atoms with Gasteiger partial charge in [0.05, 0.1) is 6.54 Å². The lowest BCUT2D eigenvalue weighted by Gasteiger charge is -2.39. The minimum absolute atomic E-state index is 0.0872. The number of carbonyl (C=O) groups excluding carboxylic acids is 1. The summed E-state index contributed by atoms with van der Waals surface area (Å²) >= 11 is 6.10. The van der Waals surface area contributed by atoms with Crippen molar-refractivity contribution in [2.75, 3.05) is 50.7 Å². The molecule has 0 spiro atoms. The number of piperidine rings is 1. The molecule has 0 aromatic heterocycles. The van der Waals surface area contributed by atoms with E-state index >= 15 is 0 Å². The summed E-state index contributed by atoms with van der Waals surface area (Å²) in [5, 5.41) is 0.694. The minimum atomic E-state index is -4.17. The lowest BCUT2D eigenvalue weighted by Crippen LogP contribution is -2.52. The molecule has 1 amide bonds. The van der Waals surface area contributed by atoms with Crippen LogP contribution in [-0.2, 0) is 4.79 Å². The molecular weight excluding hydrogens is 379 g/mol. The number of halogens is 4. The van der Waals surface area contributed by atoms with Crippen molar-refractivity contribution < 1.29 is 18.0 Å². The number of hydrogen-bond donors (Lipinski definition) is 0. The summed E-state index contributed by atoms with van der Waals surface area (Å²) in [4.78, 5) is 18.2. The van der Waals surface area contributed by atoms with E-state index in [-0.39, 0.29) is 11.8 Å². The second kappa shape index (κ2) is 8.27. The molecular formula is C19H25ClF3N3O. The molecule has 0 unspecified atom stereocenters. The van der Waals surface area contributed by atoms with Crippen LogP contribution >= 0.6 is 11.6 Å². The molecule has 2 aliphatic heterocycles. The largest absolute Gasteiger partial charge is 0.401 e. The number of hydrogen-bond acceptors (Lipinski definition) is 3. The molecule has 2 heterocycles. The first kappa shape index (κ1) is 20.3. The Kier molecular flexibility index (Phi) is 6.21. The van der Waals surface area contributed by atoms with Crippen molar-refractivity contribution in [3.05, 3.63) is 28.8 Å². The van der Waals surface area contributed by atoms with Crippen LogP contribution in [0.15, 0.2) is 18.2 Å². The van der Waals surface area contributed by atoms with Crippen LogP contribution in [0.25, 0.3) is 0 Å². The topological polar surface area (TPSA) is 26.8 Å². The number of nitrogens with zero attached hydrogens (tertiary/aromatic N) is 3. The van der Waals surface area contributed by atoms with Gasteiger partial charge in [0.1, 0.15) is 0 Å². The first-order valence-corrected chi connectivity index (χ1v) is 9.70. The maximum Gasteiger partial charge on any atom is 0.401 e. The molecule has 8 heteroatoms. The SMILES string of the molecule is Cc1ccc(Cl)cc1N1CCN(C(=O)C2CCN(CC(F)(F)F)CC2)CC1. The molecule has 1 aromatic rings. The van der Waals surface area contributed by atoms with Gasteiger partial charge in [0.25, 0.3) is 0 Å². The number of aryl methyl sites for hydroxylation is 1. The van der Waals surface area contributed by atoms with Crippen molar-refractivity contribution >= 4 is 23.2 Å². The molecule has 2 aliphatic rings. The Bertz CT molecular complexity index is 667. The maximum atomic E-state index is 12.8. The van der Waals surface area contributed by atoms with Gasteiger partial charge in [0.15, 0.2) is 0 Å². The van der Waals surface area contributed by atoms with Crippen molar-refractivity contribution in [2.45, 2.75) is 25.9 Å². The van der Waals surface area contributed by atoms with Crippen LogP contribution < -0.4 is 4.90 Å². The van der Waals surface area contributed by atoms with Gasteiger partial charge in [-0.15, -0.1) is 0 Å². The molecule has 2 saturated heterocycles. The molecule has 0 aliphatic carbocycles. The van der Waals surface area contributed by atoms with E-state index in [0.29, 0.717) is 44.0 Å². The fourth-order valence-electron chi connectivity index (χ4n) is 3.94. The number of benzene rings is 1. The van der Waals surface area contributed by atoms with E-state index in [9.17, 15) is 18.0 Å². The Balaban J connectivity index is 1.50. The standard InChI is InChI=1S/C19H25ClF3N3O/c1-14-2-3-16(20)12-17(14)25-8-10-26(11-9-25)18(27)15-4-6-24(7-5-15)13-19(21,22)23/h2-3,12,15H,4-11,13H2,1H3. The van der Waals surface area contributed by atoms with Gasteiger partial charge in [0.2, 0.25) is 5.91 Å². The Labute approximate surface area is 162 Å². The van der Waals surface area contributed by atoms with E-state index in [2.05, 4.69) is 4.90 Å². The van der Waals surface area contributed by atoms with Gasteiger partial charge in [-0.25, -0.2) is 0 Å². The van der Waals surface area contributed by atoms with Crippen LogP contribution in [0.3, 0.4) is 0 Å². The van der Waals surface area contributed by atoms with E-state index in [0.717, 1.165) is 24.3 Å². The van der Waals surface area contributed by atoms with Crippen LogP contribution in [0, 0.1) is 12.8 Å². The molecule has 1 aromatic carbocycles. The highest BCUT2D eigenvalue weighted by molar-refractivity contribution is 6.30. The summed E-state index contributed by atoms with van der Waals surface area (Å²) in [6, 6.07) is 5.81. The third kappa shape index (κ3) is 5.29. The molecule has 150 valence electrons. The zero-order chi connectivity index (χ0) is 19.6. The van der Waals surface area contributed by atoms with Crippen LogP contribution in [-0.4, -0.2) is 67.7 Å². The van der Waals surface area contributed by atoms with Crippen molar-refractivity contribution in [3.8, 4) is 0 Å². The summed E-state index contributed by atoms with van der Waals surface area (Å²) in [7, 11) is 0. The van der Waals surface area contributed by atoms with Gasteiger partial charge in [0, 0.05) is 42.8 Å². The van der Waals surface area contributed by atoms with Gasteiger partial charge in [-0.2, -0.15) is 13.2 Å². The fraction of sp³-hybridized carbons (Fsp3) is 0.632. The molecule has 0 saturated carbocycles. The molecule has 27 heavy (non-hydrogen) atoms. The number of anilines is 1. The average molecular weight is 404 g/mol. The zero-order valence-electron chi connectivity index (χ0n) is 15.4. The van der Waals surface area contributed by atoms with Gasteiger partial charge < -0.3 is 9.80 Å². The van der Waals surface area contributed by atoms with Crippen LogP contribution in [0.2, 0.25) is 5.02 Å². The fourth-order valence-corrected chi connectivity index (χ4v) is 4.11. The molecule has 0 bridgehead atoms. The van der Waals surface area contributed by atoms with Crippen LogP contribution in [0.1, 0.15) is 18.4 Å². The molecule has 2 fully saturated rings.